The molecule has 0 radical (unpaired) electrons. The molecule has 2 amide bonds. The van der Waals surface area contributed by atoms with Crippen LogP contribution < -0.4 is 14.8 Å². The number of non-ortho nitro benzene ring substituents is 1. The van der Waals surface area contributed by atoms with E-state index in [1.165, 1.54) is 47.5 Å². The van der Waals surface area contributed by atoms with Crippen molar-refractivity contribution in [3.05, 3.63) is 136 Å². The number of hydrogen-bond donors (Lipinski definition) is 1. The summed E-state index contributed by atoms with van der Waals surface area (Å²) >= 11 is 1.10. The number of carbonyl (C=O) groups is 2. The van der Waals surface area contributed by atoms with Gasteiger partial charge in [-0.2, -0.15) is 5.10 Å². The molecular formula is C35H30FN7O6S. The first-order chi connectivity index (χ1) is 24.2. The Morgan fingerprint density at radius 3 is 2.28 bits per heavy atom. The highest BCUT2D eigenvalue weighted by Crippen LogP contribution is 2.35. The number of methoxy groups -OCH3 is 2. The Morgan fingerprint density at radius 1 is 0.960 bits per heavy atom. The van der Waals surface area contributed by atoms with Crippen molar-refractivity contribution in [2.24, 2.45) is 5.10 Å². The zero-order chi connectivity index (χ0) is 35.2. The second kappa shape index (κ2) is 15.0. The van der Waals surface area contributed by atoms with E-state index in [1.807, 2.05) is 48.5 Å². The lowest BCUT2D eigenvalue weighted by molar-refractivity contribution is -0.384. The van der Waals surface area contributed by atoms with Crippen molar-refractivity contribution >= 4 is 35.0 Å². The van der Waals surface area contributed by atoms with Crippen molar-refractivity contribution in [2.75, 3.05) is 20.0 Å². The Bertz CT molecular complexity index is 2050. The lowest BCUT2D eigenvalue weighted by atomic mass is 9.98. The Morgan fingerprint density at radius 2 is 1.64 bits per heavy atom. The van der Waals surface area contributed by atoms with E-state index in [9.17, 15) is 24.1 Å². The zero-order valence-electron chi connectivity index (χ0n) is 26.9. The third kappa shape index (κ3) is 7.47. The molecule has 1 aliphatic rings. The number of nitro groups is 1. The molecule has 1 N–H and O–H groups in total. The molecular weight excluding hydrogens is 665 g/mol. The predicted octanol–water partition coefficient (Wildman–Crippen LogP) is 5.73. The van der Waals surface area contributed by atoms with Crippen molar-refractivity contribution in [1.82, 2.24) is 25.1 Å². The van der Waals surface area contributed by atoms with Gasteiger partial charge in [0.25, 0.3) is 17.5 Å². The Kier molecular flexibility index (Phi) is 10.1. The number of hydrogen-bond acceptors (Lipinski definition) is 10. The van der Waals surface area contributed by atoms with Gasteiger partial charge in [0.05, 0.1) is 43.2 Å². The number of rotatable bonds is 12. The maximum Gasteiger partial charge on any atom is 0.269 e. The van der Waals surface area contributed by atoms with Gasteiger partial charge in [0.15, 0.2) is 11.0 Å². The van der Waals surface area contributed by atoms with Gasteiger partial charge in [-0.3, -0.25) is 24.3 Å². The predicted molar refractivity (Wildman–Crippen MR) is 183 cm³/mol. The van der Waals surface area contributed by atoms with Crippen LogP contribution in [0.1, 0.15) is 39.8 Å². The van der Waals surface area contributed by atoms with E-state index in [0.29, 0.717) is 28.8 Å². The number of thioether (sulfide) groups is 1. The fourth-order valence-electron chi connectivity index (χ4n) is 5.36. The average Bonchev–Trinajstić information content (AvgIpc) is 3.78. The van der Waals surface area contributed by atoms with Crippen molar-refractivity contribution in [1.29, 1.82) is 0 Å². The van der Waals surface area contributed by atoms with Crippen molar-refractivity contribution in [3.8, 4) is 17.2 Å². The highest BCUT2D eigenvalue weighted by Gasteiger charge is 2.33. The van der Waals surface area contributed by atoms with Gasteiger partial charge in [-0.1, -0.05) is 30.0 Å². The van der Waals surface area contributed by atoms with E-state index < -0.39 is 16.6 Å². The van der Waals surface area contributed by atoms with Gasteiger partial charge >= 0.3 is 0 Å². The molecule has 1 unspecified atom stereocenters. The van der Waals surface area contributed by atoms with Crippen LogP contribution in [-0.2, 0) is 11.3 Å². The fraction of sp³-hybridized carbons (Fsp3) is 0.171. The molecule has 6 rings (SSSR count). The molecule has 13 nitrogen and oxygen atoms in total. The number of benzene rings is 4. The minimum atomic E-state index is -0.553. The molecule has 15 heteroatoms. The van der Waals surface area contributed by atoms with E-state index >= 15 is 0 Å². The number of nitrogens with zero attached hydrogens (tertiary/aromatic N) is 6. The highest BCUT2D eigenvalue weighted by atomic mass is 32.2. The summed E-state index contributed by atoms with van der Waals surface area (Å²) in [6.07, 6.45) is 0.475. The zero-order valence-corrected chi connectivity index (χ0v) is 27.7. The molecule has 0 saturated heterocycles. The Hall–Kier alpha value is -6.09. The highest BCUT2D eigenvalue weighted by molar-refractivity contribution is 7.99. The normalized spacial score (nSPS) is 13.9. The molecule has 0 aliphatic carbocycles. The quantitative estimate of drug-likeness (QED) is 0.0979. The third-order valence-electron chi connectivity index (χ3n) is 7.93. The maximum atomic E-state index is 13.9. The average molecular weight is 696 g/mol. The molecule has 1 aromatic heterocycles. The maximum absolute atomic E-state index is 13.9. The van der Waals surface area contributed by atoms with Crippen LogP contribution in [0.3, 0.4) is 0 Å². The molecule has 0 bridgehead atoms. The SMILES string of the molecule is COc1ccc(C2=NN(C(=O)CSc3nnc(CNC(=O)c4cccc(F)c4)n3-c3ccc([N+](=O)[O-])cc3)C(c3ccc(OC)cc3)C2)cc1. The lowest BCUT2D eigenvalue weighted by Gasteiger charge is -2.22. The van der Waals surface area contributed by atoms with Gasteiger partial charge in [-0.05, 0) is 77.9 Å². The van der Waals surface area contributed by atoms with Crippen LogP contribution in [0, 0.1) is 15.9 Å². The first kappa shape index (κ1) is 33.8. The second-order valence-electron chi connectivity index (χ2n) is 11.0. The van der Waals surface area contributed by atoms with Crippen LogP contribution in [0.5, 0.6) is 11.5 Å². The van der Waals surface area contributed by atoms with Crippen molar-refractivity contribution < 1.29 is 28.4 Å². The topological polar surface area (TPSA) is 154 Å². The van der Waals surface area contributed by atoms with Crippen molar-refractivity contribution in [2.45, 2.75) is 24.2 Å². The first-order valence-electron chi connectivity index (χ1n) is 15.3. The first-order valence-corrected chi connectivity index (χ1v) is 16.3. The van der Waals surface area contributed by atoms with Gasteiger partial charge in [-0.15, -0.1) is 10.2 Å². The number of ether oxygens (including phenoxy) is 2. The fourth-order valence-corrected chi connectivity index (χ4v) is 6.18. The summed E-state index contributed by atoms with van der Waals surface area (Å²) in [6.45, 7) is -0.102. The van der Waals surface area contributed by atoms with Gasteiger partial charge < -0.3 is 14.8 Å². The molecule has 0 spiro atoms. The summed E-state index contributed by atoms with van der Waals surface area (Å²) in [5.74, 6) is 0.221. The van der Waals surface area contributed by atoms with Gasteiger partial charge in [0.2, 0.25) is 0 Å². The molecule has 4 aromatic carbocycles. The van der Waals surface area contributed by atoms with Crippen LogP contribution in [0.25, 0.3) is 5.69 Å². The summed E-state index contributed by atoms with van der Waals surface area (Å²) < 4.78 is 25.9. The number of amides is 2. The molecule has 5 aromatic rings. The molecule has 0 saturated carbocycles. The van der Waals surface area contributed by atoms with E-state index in [0.717, 1.165) is 34.7 Å². The number of nitro benzene ring substituents is 1. The van der Waals surface area contributed by atoms with Crippen LogP contribution in [0.4, 0.5) is 10.1 Å². The molecule has 254 valence electrons. The molecule has 1 aliphatic heterocycles. The third-order valence-corrected chi connectivity index (χ3v) is 8.84. The van der Waals surface area contributed by atoms with Gasteiger partial charge in [0.1, 0.15) is 17.3 Å². The van der Waals surface area contributed by atoms with Crippen LogP contribution in [0.2, 0.25) is 0 Å². The summed E-state index contributed by atoms with van der Waals surface area (Å²) in [4.78, 5) is 37.5. The molecule has 0 fully saturated rings. The molecule has 50 heavy (non-hydrogen) atoms. The summed E-state index contributed by atoms with van der Waals surface area (Å²) in [5, 5.41) is 29.1. The number of aromatic nitrogens is 3. The van der Waals surface area contributed by atoms with E-state index in [1.54, 1.807) is 18.8 Å². The van der Waals surface area contributed by atoms with Crippen molar-refractivity contribution in [3.63, 3.8) is 0 Å². The van der Waals surface area contributed by atoms with Crippen LogP contribution in [-0.4, -0.2) is 62.2 Å². The van der Waals surface area contributed by atoms with Gasteiger partial charge in [-0.25, -0.2) is 9.40 Å². The van der Waals surface area contributed by atoms with Crippen LogP contribution in [0.15, 0.2) is 107 Å². The lowest BCUT2D eigenvalue weighted by Crippen LogP contribution is -2.28. The Labute approximate surface area is 289 Å². The summed E-state index contributed by atoms with van der Waals surface area (Å²) in [7, 11) is 3.18. The number of carbonyl (C=O) groups excluding carboxylic acids is 2. The van der Waals surface area contributed by atoms with E-state index in [2.05, 4.69) is 15.5 Å². The summed E-state index contributed by atoms with van der Waals surface area (Å²) in [6, 6.07) is 25.5. The van der Waals surface area contributed by atoms with E-state index in [-0.39, 0.29) is 41.3 Å². The van der Waals surface area contributed by atoms with E-state index in [4.69, 9.17) is 14.6 Å². The standard InChI is InChI=1S/C35H30FN7O6S/c1-48-28-14-6-22(7-15-28)30-19-31(23-8-16-29(49-2)17-9-23)42(40-30)33(44)21-50-35-39-38-32(20-37-34(45)24-4-3-5-25(36)18-24)41(35)26-10-12-27(13-11-26)43(46)47/h3-18,31H,19-21H2,1-2H3,(H,37,45). The minimum absolute atomic E-state index is 0.0766. The number of nitrogens with one attached hydrogen (secondary N) is 1. The monoisotopic (exact) mass is 695 g/mol. The number of hydrazone groups is 1. The molecule has 1 atom stereocenters. The largest absolute Gasteiger partial charge is 0.497 e. The van der Waals surface area contributed by atoms with Gasteiger partial charge in [0, 0.05) is 29.8 Å². The Balaban J connectivity index is 1.26. The smallest absolute Gasteiger partial charge is 0.269 e. The summed E-state index contributed by atoms with van der Waals surface area (Å²) in [5.41, 5.74) is 2.95. The number of halogens is 1. The van der Waals surface area contributed by atoms with Crippen LogP contribution >= 0.6 is 11.8 Å². The molecule has 2 heterocycles. The second-order valence-corrected chi connectivity index (χ2v) is 11.9. The minimum Gasteiger partial charge on any atom is -0.497 e.